The van der Waals surface area contributed by atoms with Crippen LogP contribution in [0.15, 0.2) is 12.2 Å². The van der Waals surface area contributed by atoms with Crippen molar-refractivity contribution in [2.24, 2.45) is 0 Å². The topological polar surface area (TPSA) is 79.2 Å². The summed E-state index contributed by atoms with van der Waals surface area (Å²) in [6.07, 6.45) is 11.0. The summed E-state index contributed by atoms with van der Waals surface area (Å²) in [7, 11) is 0. The van der Waals surface area contributed by atoms with Gasteiger partial charge >= 0.3 is 0 Å². The number of allylic oxidation sites excluding steroid dienone is 1. The predicted octanol–water partition coefficient (Wildman–Crippen LogP) is 2.18. The fraction of sp³-hybridized carbons (Fsp3) is 0.889. The van der Waals surface area contributed by atoms with E-state index in [4.69, 9.17) is 9.47 Å². The smallest absolute Gasteiger partial charge is 0.114 e. The Morgan fingerprint density at radius 2 is 1.78 bits per heavy atom. The Balaban J connectivity index is 2.04. The molecule has 0 aromatic rings. The van der Waals surface area contributed by atoms with Crippen LogP contribution in [0.25, 0.3) is 0 Å². The van der Waals surface area contributed by atoms with Crippen molar-refractivity contribution >= 4 is 0 Å². The molecule has 1 saturated heterocycles. The van der Waals surface area contributed by atoms with Crippen molar-refractivity contribution < 1.29 is 24.8 Å². The molecule has 0 aliphatic carbocycles. The van der Waals surface area contributed by atoms with Crippen LogP contribution in [0.5, 0.6) is 0 Å². The third-order valence-corrected chi connectivity index (χ3v) is 4.28. The molecule has 0 unspecified atom stereocenters. The van der Waals surface area contributed by atoms with Crippen molar-refractivity contribution in [3.63, 3.8) is 0 Å². The molecule has 4 atom stereocenters. The summed E-state index contributed by atoms with van der Waals surface area (Å²) < 4.78 is 10.8. The van der Waals surface area contributed by atoms with Crippen LogP contribution in [0.2, 0.25) is 0 Å². The summed E-state index contributed by atoms with van der Waals surface area (Å²) >= 11 is 0. The Morgan fingerprint density at radius 3 is 2.39 bits per heavy atom. The Bertz CT molecular complexity index is 308. The summed E-state index contributed by atoms with van der Waals surface area (Å²) in [6, 6.07) is 0. The lowest BCUT2D eigenvalue weighted by molar-refractivity contribution is -0.0942. The van der Waals surface area contributed by atoms with E-state index in [-0.39, 0.29) is 13.2 Å². The van der Waals surface area contributed by atoms with Crippen LogP contribution < -0.4 is 0 Å². The summed E-state index contributed by atoms with van der Waals surface area (Å²) in [5.41, 5.74) is 0. The second-order valence-corrected chi connectivity index (χ2v) is 6.29. The first-order chi connectivity index (χ1) is 11.2. The molecule has 0 aromatic carbocycles. The highest BCUT2D eigenvalue weighted by atomic mass is 16.6. The molecule has 1 fully saturated rings. The lowest BCUT2D eigenvalue weighted by atomic mass is 10.1. The van der Waals surface area contributed by atoms with Gasteiger partial charge in [-0.2, -0.15) is 0 Å². The highest BCUT2D eigenvalue weighted by molar-refractivity contribution is 4.89. The molecule has 1 rings (SSSR count). The maximum atomic E-state index is 9.75. The summed E-state index contributed by atoms with van der Waals surface area (Å²) in [5, 5.41) is 28.5. The van der Waals surface area contributed by atoms with E-state index in [0.717, 1.165) is 6.42 Å². The van der Waals surface area contributed by atoms with Gasteiger partial charge in [0, 0.05) is 0 Å². The van der Waals surface area contributed by atoms with Gasteiger partial charge in [-0.25, -0.2) is 0 Å². The van der Waals surface area contributed by atoms with Crippen LogP contribution >= 0.6 is 0 Å². The Morgan fingerprint density at radius 1 is 1.09 bits per heavy atom. The van der Waals surface area contributed by atoms with Crippen LogP contribution in [-0.2, 0) is 9.47 Å². The van der Waals surface area contributed by atoms with Crippen molar-refractivity contribution in [2.75, 3.05) is 19.8 Å². The fourth-order valence-corrected chi connectivity index (χ4v) is 2.79. The zero-order valence-electron chi connectivity index (χ0n) is 14.4. The monoisotopic (exact) mass is 330 g/mol. The van der Waals surface area contributed by atoms with Crippen molar-refractivity contribution in [1.29, 1.82) is 0 Å². The van der Waals surface area contributed by atoms with E-state index in [9.17, 15) is 15.3 Å². The maximum absolute atomic E-state index is 9.75. The van der Waals surface area contributed by atoms with Crippen LogP contribution in [-0.4, -0.2) is 59.6 Å². The molecule has 5 heteroatoms. The Kier molecular flexibility index (Phi) is 11.5. The van der Waals surface area contributed by atoms with Gasteiger partial charge in [0.1, 0.15) is 24.4 Å². The van der Waals surface area contributed by atoms with Gasteiger partial charge in [-0.3, -0.25) is 0 Å². The molecule has 23 heavy (non-hydrogen) atoms. The van der Waals surface area contributed by atoms with E-state index in [0.29, 0.717) is 6.61 Å². The summed E-state index contributed by atoms with van der Waals surface area (Å²) in [5.74, 6) is 0. The Labute approximate surface area is 140 Å². The third-order valence-electron chi connectivity index (χ3n) is 4.28. The second-order valence-electron chi connectivity index (χ2n) is 6.29. The van der Waals surface area contributed by atoms with Crippen LogP contribution in [0.1, 0.15) is 58.3 Å². The van der Waals surface area contributed by atoms with Gasteiger partial charge in [-0.15, -0.1) is 0 Å². The van der Waals surface area contributed by atoms with E-state index < -0.39 is 24.4 Å². The molecule has 5 nitrogen and oxygen atoms in total. The summed E-state index contributed by atoms with van der Waals surface area (Å²) in [4.78, 5) is 0. The van der Waals surface area contributed by atoms with Gasteiger partial charge in [0.25, 0.3) is 0 Å². The molecule has 1 aliphatic rings. The minimum Gasteiger partial charge on any atom is -0.394 e. The standard InChI is InChI=1S/C18H34O5/c1-2-3-4-5-6-7-8-9-10-11-12-22-16(13-19)18-17(21)15(20)14-23-18/h10-11,15-21H,2-9,12-14H2,1H3/b11-10+/t15-,16+,17-,18-/m1/s1. The molecule has 0 aromatic heterocycles. The molecule has 3 N–H and O–H groups in total. The number of hydrogen-bond donors (Lipinski definition) is 3. The number of aliphatic hydroxyl groups is 3. The normalized spacial score (nSPS) is 26.2. The van der Waals surface area contributed by atoms with Crippen molar-refractivity contribution in [3.05, 3.63) is 12.2 Å². The fourth-order valence-electron chi connectivity index (χ4n) is 2.79. The molecule has 0 saturated carbocycles. The van der Waals surface area contributed by atoms with Gasteiger partial charge in [-0.05, 0) is 12.8 Å². The van der Waals surface area contributed by atoms with Crippen LogP contribution in [0.3, 0.4) is 0 Å². The van der Waals surface area contributed by atoms with Gasteiger partial charge in [-0.1, -0.05) is 57.6 Å². The Hall–Kier alpha value is -0.460. The second kappa shape index (κ2) is 12.9. The van der Waals surface area contributed by atoms with E-state index in [1.807, 2.05) is 6.08 Å². The zero-order chi connectivity index (χ0) is 16.9. The zero-order valence-corrected chi connectivity index (χ0v) is 14.4. The number of ether oxygens (including phenoxy) is 2. The molecule has 0 radical (unpaired) electrons. The van der Waals surface area contributed by atoms with Crippen LogP contribution in [0, 0.1) is 0 Å². The average molecular weight is 330 g/mol. The van der Waals surface area contributed by atoms with Crippen LogP contribution in [0.4, 0.5) is 0 Å². The number of unbranched alkanes of at least 4 members (excludes halogenated alkanes) is 7. The molecule has 1 heterocycles. The van der Waals surface area contributed by atoms with Crippen molar-refractivity contribution in [3.8, 4) is 0 Å². The predicted molar refractivity (Wildman–Crippen MR) is 90.3 cm³/mol. The first kappa shape index (κ1) is 20.6. The number of aliphatic hydroxyl groups excluding tert-OH is 3. The average Bonchev–Trinajstić information content (AvgIpc) is 2.88. The number of rotatable bonds is 13. The van der Waals surface area contributed by atoms with Gasteiger partial charge < -0.3 is 24.8 Å². The largest absolute Gasteiger partial charge is 0.394 e. The molecular formula is C18H34O5. The van der Waals surface area contributed by atoms with Crippen molar-refractivity contribution in [2.45, 2.75) is 82.7 Å². The first-order valence-electron chi connectivity index (χ1n) is 9.05. The SMILES string of the molecule is CCCCCCCCC/C=C/CO[C@@H](CO)[C@H]1OC[C@@H](O)[C@H]1O. The van der Waals surface area contributed by atoms with Gasteiger partial charge in [0.05, 0.1) is 19.8 Å². The van der Waals surface area contributed by atoms with Gasteiger partial charge in [0.15, 0.2) is 0 Å². The lowest BCUT2D eigenvalue weighted by Gasteiger charge is -2.23. The van der Waals surface area contributed by atoms with E-state index in [1.54, 1.807) is 0 Å². The number of hydrogen-bond acceptors (Lipinski definition) is 5. The van der Waals surface area contributed by atoms with Gasteiger partial charge in [0.2, 0.25) is 0 Å². The van der Waals surface area contributed by atoms with Crippen molar-refractivity contribution in [1.82, 2.24) is 0 Å². The highest BCUT2D eigenvalue weighted by Crippen LogP contribution is 2.19. The molecular weight excluding hydrogens is 296 g/mol. The summed E-state index contributed by atoms with van der Waals surface area (Å²) in [6.45, 7) is 2.46. The van der Waals surface area contributed by atoms with E-state index >= 15 is 0 Å². The quantitative estimate of drug-likeness (QED) is 0.356. The molecule has 0 bridgehead atoms. The lowest BCUT2D eigenvalue weighted by Crippen LogP contribution is -2.42. The molecule has 0 spiro atoms. The first-order valence-corrected chi connectivity index (χ1v) is 9.05. The molecule has 0 amide bonds. The van der Waals surface area contributed by atoms with E-state index in [2.05, 4.69) is 13.0 Å². The maximum Gasteiger partial charge on any atom is 0.114 e. The molecule has 1 aliphatic heterocycles. The van der Waals surface area contributed by atoms with E-state index in [1.165, 1.54) is 44.9 Å². The highest BCUT2D eigenvalue weighted by Gasteiger charge is 2.40. The minimum absolute atomic E-state index is 0.0831. The minimum atomic E-state index is -0.996. The third kappa shape index (κ3) is 8.27. The molecule has 136 valence electrons.